The van der Waals surface area contributed by atoms with Crippen LogP contribution in [0.5, 0.6) is 5.75 Å². The van der Waals surface area contributed by atoms with Gasteiger partial charge in [0.1, 0.15) is 5.75 Å². The maximum absolute atomic E-state index is 12.0. The molecule has 1 aromatic rings. The summed E-state index contributed by atoms with van der Waals surface area (Å²) in [6.45, 7) is 2.70. The summed E-state index contributed by atoms with van der Waals surface area (Å²) in [5.74, 6) is 1.47. The highest BCUT2D eigenvalue weighted by Gasteiger charge is 2.28. The smallest absolute Gasteiger partial charge is 0.251 e. The maximum atomic E-state index is 12.0. The summed E-state index contributed by atoms with van der Waals surface area (Å²) in [5, 5.41) is 3.83. The number of hydrogen-bond acceptors (Lipinski definition) is 2. The van der Waals surface area contributed by atoms with Crippen molar-refractivity contribution in [3.05, 3.63) is 29.8 Å². The summed E-state index contributed by atoms with van der Waals surface area (Å²) >= 11 is 3.30. The molecule has 0 spiro atoms. The van der Waals surface area contributed by atoms with Gasteiger partial charge in [-0.2, -0.15) is 0 Å². The summed E-state index contributed by atoms with van der Waals surface area (Å²) in [4.78, 5) is 12.0. The molecule has 0 bridgehead atoms. The summed E-state index contributed by atoms with van der Waals surface area (Å²) in [6.07, 6.45) is 2.47. The summed E-state index contributed by atoms with van der Waals surface area (Å²) in [5.41, 5.74) is 0.689. The monoisotopic (exact) mass is 311 g/mol. The number of alkyl halides is 1. The Morgan fingerprint density at radius 3 is 2.67 bits per heavy atom. The number of benzene rings is 1. The second kappa shape index (κ2) is 6.23. The molecule has 1 aliphatic rings. The van der Waals surface area contributed by atoms with Crippen molar-refractivity contribution in [3.63, 3.8) is 0 Å². The lowest BCUT2D eigenvalue weighted by molar-refractivity contribution is 0.0936. The zero-order valence-electron chi connectivity index (χ0n) is 10.5. The Labute approximate surface area is 116 Å². The fraction of sp³-hybridized carbons (Fsp3) is 0.500. The Morgan fingerprint density at radius 1 is 1.44 bits per heavy atom. The Morgan fingerprint density at radius 2 is 2.11 bits per heavy atom. The van der Waals surface area contributed by atoms with E-state index in [-0.39, 0.29) is 11.9 Å². The molecule has 0 radical (unpaired) electrons. The predicted octanol–water partition coefficient (Wildman–Crippen LogP) is 2.99. The zero-order valence-corrected chi connectivity index (χ0v) is 12.1. The van der Waals surface area contributed by atoms with Gasteiger partial charge in [0.25, 0.3) is 5.91 Å². The number of hydrogen-bond donors (Lipinski definition) is 1. The molecule has 1 saturated carbocycles. The second-order valence-electron chi connectivity index (χ2n) is 4.66. The van der Waals surface area contributed by atoms with E-state index in [2.05, 4.69) is 28.2 Å². The molecule has 0 aromatic heterocycles. The van der Waals surface area contributed by atoms with Crippen molar-refractivity contribution in [3.8, 4) is 5.75 Å². The number of halogens is 1. The average Bonchev–Trinajstić information content (AvgIpc) is 3.21. The molecule has 1 unspecified atom stereocenters. The number of ether oxygens (including phenoxy) is 1. The van der Waals surface area contributed by atoms with Crippen LogP contribution in [0.25, 0.3) is 0 Å². The SMILES string of the molecule is CC(NC(=O)c1ccc(OCCBr)cc1)C1CC1. The third-order valence-corrected chi connectivity index (χ3v) is 3.47. The molecule has 18 heavy (non-hydrogen) atoms. The van der Waals surface area contributed by atoms with Gasteiger partial charge in [0.15, 0.2) is 0 Å². The summed E-state index contributed by atoms with van der Waals surface area (Å²) < 4.78 is 5.44. The number of carbonyl (C=O) groups is 1. The summed E-state index contributed by atoms with van der Waals surface area (Å²) in [6, 6.07) is 7.55. The molecular weight excluding hydrogens is 294 g/mol. The maximum Gasteiger partial charge on any atom is 0.251 e. The van der Waals surface area contributed by atoms with Crippen LogP contribution in [-0.4, -0.2) is 23.9 Å². The van der Waals surface area contributed by atoms with Crippen LogP contribution in [0.2, 0.25) is 0 Å². The van der Waals surface area contributed by atoms with Crippen molar-refractivity contribution in [2.24, 2.45) is 5.92 Å². The highest BCUT2D eigenvalue weighted by atomic mass is 79.9. The molecule has 1 fully saturated rings. The van der Waals surface area contributed by atoms with E-state index in [0.29, 0.717) is 18.1 Å². The lowest BCUT2D eigenvalue weighted by atomic mass is 10.1. The number of rotatable bonds is 6. The fourth-order valence-corrected chi connectivity index (χ4v) is 2.03. The van der Waals surface area contributed by atoms with E-state index in [1.54, 1.807) is 12.1 Å². The second-order valence-corrected chi connectivity index (χ2v) is 5.45. The molecule has 2 rings (SSSR count). The van der Waals surface area contributed by atoms with Crippen LogP contribution in [0, 0.1) is 5.92 Å². The van der Waals surface area contributed by atoms with Crippen molar-refractivity contribution < 1.29 is 9.53 Å². The first kappa shape index (κ1) is 13.4. The van der Waals surface area contributed by atoms with Gasteiger partial charge in [0.2, 0.25) is 0 Å². The van der Waals surface area contributed by atoms with Crippen molar-refractivity contribution in [2.45, 2.75) is 25.8 Å². The lowest BCUT2D eigenvalue weighted by Crippen LogP contribution is -2.33. The van der Waals surface area contributed by atoms with E-state index >= 15 is 0 Å². The van der Waals surface area contributed by atoms with Gasteiger partial charge in [-0.15, -0.1) is 0 Å². The highest BCUT2D eigenvalue weighted by molar-refractivity contribution is 9.09. The zero-order chi connectivity index (χ0) is 13.0. The Kier molecular flexibility index (Phi) is 4.64. The van der Waals surface area contributed by atoms with Gasteiger partial charge in [0, 0.05) is 16.9 Å². The minimum atomic E-state index is 0.00133. The Bertz CT molecular complexity index is 401. The predicted molar refractivity (Wildman–Crippen MR) is 75.4 cm³/mol. The van der Waals surface area contributed by atoms with Crippen LogP contribution in [-0.2, 0) is 0 Å². The minimum Gasteiger partial charge on any atom is -0.493 e. The van der Waals surface area contributed by atoms with Crippen LogP contribution in [0.1, 0.15) is 30.1 Å². The van der Waals surface area contributed by atoms with Crippen molar-refractivity contribution in [1.29, 1.82) is 0 Å². The molecule has 1 amide bonds. The number of amides is 1. The molecule has 1 N–H and O–H groups in total. The molecule has 0 heterocycles. The van der Waals surface area contributed by atoms with E-state index in [0.717, 1.165) is 11.1 Å². The lowest BCUT2D eigenvalue weighted by Gasteiger charge is -2.13. The van der Waals surface area contributed by atoms with Gasteiger partial charge in [-0.3, -0.25) is 4.79 Å². The van der Waals surface area contributed by atoms with Crippen molar-refractivity contribution in [1.82, 2.24) is 5.32 Å². The fourth-order valence-electron chi connectivity index (χ4n) is 1.86. The van der Waals surface area contributed by atoms with Gasteiger partial charge in [-0.25, -0.2) is 0 Å². The van der Waals surface area contributed by atoms with Crippen LogP contribution in [0.15, 0.2) is 24.3 Å². The van der Waals surface area contributed by atoms with Crippen LogP contribution < -0.4 is 10.1 Å². The molecular formula is C14H18BrNO2. The molecule has 1 aromatic carbocycles. The van der Waals surface area contributed by atoms with Crippen LogP contribution >= 0.6 is 15.9 Å². The third-order valence-electron chi connectivity index (χ3n) is 3.15. The molecule has 1 atom stereocenters. The van der Waals surface area contributed by atoms with Gasteiger partial charge >= 0.3 is 0 Å². The van der Waals surface area contributed by atoms with Gasteiger partial charge in [-0.1, -0.05) is 15.9 Å². The molecule has 0 aliphatic heterocycles. The Hall–Kier alpha value is -1.03. The Balaban J connectivity index is 1.89. The number of carbonyl (C=O) groups excluding carboxylic acids is 1. The first-order valence-corrected chi connectivity index (χ1v) is 7.42. The van der Waals surface area contributed by atoms with Gasteiger partial charge < -0.3 is 10.1 Å². The highest BCUT2D eigenvalue weighted by Crippen LogP contribution is 2.32. The van der Waals surface area contributed by atoms with E-state index < -0.39 is 0 Å². The number of nitrogens with one attached hydrogen (secondary N) is 1. The van der Waals surface area contributed by atoms with Crippen molar-refractivity contribution in [2.75, 3.05) is 11.9 Å². The van der Waals surface area contributed by atoms with E-state index in [4.69, 9.17) is 4.74 Å². The molecule has 0 saturated heterocycles. The van der Waals surface area contributed by atoms with Gasteiger partial charge in [-0.05, 0) is 49.9 Å². The molecule has 3 nitrogen and oxygen atoms in total. The third kappa shape index (κ3) is 3.73. The summed E-state index contributed by atoms with van der Waals surface area (Å²) in [7, 11) is 0. The van der Waals surface area contributed by atoms with E-state index in [9.17, 15) is 4.79 Å². The van der Waals surface area contributed by atoms with Crippen LogP contribution in [0.4, 0.5) is 0 Å². The molecule has 98 valence electrons. The first-order valence-electron chi connectivity index (χ1n) is 6.30. The minimum absolute atomic E-state index is 0.00133. The molecule has 4 heteroatoms. The van der Waals surface area contributed by atoms with Crippen LogP contribution in [0.3, 0.4) is 0 Å². The average molecular weight is 312 g/mol. The van der Waals surface area contributed by atoms with E-state index in [1.807, 2.05) is 12.1 Å². The first-order chi connectivity index (χ1) is 8.70. The van der Waals surface area contributed by atoms with Gasteiger partial charge in [0.05, 0.1) is 6.61 Å². The topological polar surface area (TPSA) is 38.3 Å². The standard InChI is InChI=1S/C14H18BrNO2/c1-10(11-2-3-11)16-14(17)12-4-6-13(7-5-12)18-9-8-15/h4-7,10-11H,2-3,8-9H2,1H3,(H,16,17). The van der Waals surface area contributed by atoms with Crippen molar-refractivity contribution >= 4 is 21.8 Å². The van der Waals surface area contributed by atoms with E-state index in [1.165, 1.54) is 12.8 Å². The largest absolute Gasteiger partial charge is 0.493 e. The normalized spacial score (nSPS) is 16.1. The quantitative estimate of drug-likeness (QED) is 0.820. The molecule has 1 aliphatic carbocycles.